The topological polar surface area (TPSA) is 122 Å². The molecule has 35 heavy (non-hydrogen) atoms. The van der Waals surface area contributed by atoms with Gasteiger partial charge in [0.1, 0.15) is 17.8 Å². The third kappa shape index (κ3) is 5.84. The Bertz CT molecular complexity index is 1270. The normalized spacial score (nSPS) is 11.4. The number of carbonyl (C=O) groups excluding carboxylic acids is 3. The van der Waals surface area contributed by atoms with E-state index < -0.39 is 23.5 Å². The van der Waals surface area contributed by atoms with Gasteiger partial charge in [-0.05, 0) is 70.4 Å². The number of nitrogens with zero attached hydrogens (tertiary/aromatic N) is 3. The Labute approximate surface area is 207 Å². The van der Waals surface area contributed by atoms with Crippen LogP contribution in [0.15, 0.2) is 48.8 Å². The van der Waals surface area contributed by atoms with Crippen molar-refractivity contribution in [3.63, 3.8) is 0 Å². The van der Waals surface area contributed by atoms with Gasteiger partial charge in [-0.15, -0.1) is 0 Å². The molecule has 9 nitrogen and oxygen atoms in total. The molecule has 3 aromatic rings. The fourth-order valence-electron chi connectivity index (χ4n) is 3.06. The number of carbonyl (C=O) groups is 3. The average molecular weight is 501 g/mol. The fourth-order valence-corrected chi connectivity index (χ4v) is 3.31. The predicted molar refractivity (Wildman–Crippen MR) is 132 cm³/mol. The second kappa shape index (κ2) is 10.2. The van der Waals surface area contributed by atoms with Crippen LogP contribution in [-0.4, -0.2) is 58.4 Å². The first-order valence-electron chi connectivity index (χ1n) is 10.6. The van der Waals surface area contributed by atoms with E-state index in [9.17, 15) is 18.8 Å². The van der Waals surface area contributed by atoms with E-state index in [0.29, 0.717) is 17.9 Å². The lowest BCUT2D eigenvalue weighted by atomic mass is 10.0. The van der Waals surface area contributed by atoms with Gasteiger partial charge in [0, 0.05) is 23.5 Å². The van der Waals surface area contributed by atoms with Gasteiger partial charge in [-0.3, -0.25) is 19.0 Å². The minimum atomic E-state index is -0.817. The lowest BCUT2D eigenvalue weighted by Gasteiger charge is -2.32. The number of rotatable bonds is 8. The van der Waals surface area contributed by atoms with Gasteiger partial charge in [0.15, 0.2) is 5.69 Å². The van der Waals surface area contributed by atoms with Crippen LogP contribution in [0.5, 0.6) is 0 Å². The molecule has 0 saturated heterocycles. The Hall–Kier alpha value is -3.76. The second-order valence-corrected chi connectivity index (χ2v) is 9.10. The van der Waals surface area contributed by atoms with Crippen molar-refractivity contribution in [2.24, 2.45) is 5.73 Å². The van der Waals surface area contributed by atoms with Crippen LogP contribution in [0.4, 0.5) is 10.1 Å². The SMILES string of the molecule is CN(C)C(C)(C)CNC(=O)c1ncn(-c2ccc(NC(=O)c3ccc(F)cc3Cl)cc2)c1C(N)=O. The highest BCUT2D eigenvalue weighted by atomic mass is 35.5. The molecule has 3 amide bonds. The smallest absolute Gasteiger partial charge is 0.272 e. The highest BCUT2D eigenvalue weighted by Crippen LogP contribution is 2.21. The van der Waals surface area contributed by atoms with Crippen LogP contribution in [0, 0.1) is 5.82 Å². The fraction of sp³-hybridized carbons (Fsp3) is 0.250. The second-order valence-electron chi connectivity index (χ2n) is 8.69. The molecule has 0 fully saturated rings. The summed E-state index contributed by atoms with van der Waals surface area (Å²) < 4.78 is 14.6. The molecule has 1 aromatic heterocycles. The molecule has 2 aromatic carbocycles. The Morgan fingerprint density at radius 3 is 2.34 bits per heavy atom. The minimum Gasteiger partial charge on any atom is -0.364 e. The molecule has 4 N–H and O–H groups in total. The first-order chi connectivity index (χ1) is 16.4. The summed E-state index contributed by atoms with van der Waals surface area (Å²) in [5.41, 5.74) is 6.15. The number of nitrogens with two attached hydrogens (primary N) is 1. The number of benzene rings is 2. The van der Waals surface area contributed by atoms with E-state index in [2.05, 4.69) is 15.6 Å². The van der Waals surface area contributed by atoms with Crippen molar-refractivity contribution in [1.29, 1.82) is 0 Å². The van der Waals surface area contributed by atoms with E-state index >= 15 is 0 Å². The van der Waals surface area contributed by atoms with E-state index in [-0.39, 0.29) is 27.5 Å². The third-order valence-corrected chi connectivity index (χ3v) is 6.00. The number of imidazole rings is 1. The lowest BCUT2D eigenvalue weighted by molar-refractivity contribution is 0.0902. The van der Waals surface area contributed by atoms with Gasteiger partial charge in [0.05, 0.1) is 10.6 Å². The maximum atomic E-state index is 13.2. The Morgan fingerprint density at radius 1 is 1.11 bits per heavy atom. The Morgan fingerprint density at radius 2 is 1.77 bits per heavy atom. The molecule has 3 rings (SSSR count). The largest absolute Gasteiger partial charge is 0.364 e. The zero-order valence-electron chi connectivity index (χ0n) is 19.7. The molecule has 0 radical (unpaired) electrons. The zero-order chi connectivity index (χ0) is 25.9. The van der Waals surface area contributed by atoms with Gasteiger partial charge < -0.3 is 21.3 Å². The van der Waals surface area contributed by atoms with Gasteiger partial charge >= 0.3 is 0 Å². The number of nitrogens with one attached hydrogen (secondary N) is 2. The van der Waals surface area contributed by atoms with Crippen LogP contribution < -0.4 is 16.4 Å². The molecule has 11 heteroatoms. The number of hydrogen-bond donors (Lipinski definition) is 3. The van der Waals surface area contributed by atoms with Crippen LogP contribution in [0.25, 0.3) is 5.69 Å². The van der Waals surface area contributed by atoms with Crippen LogP contribution in [0.3, 0.4) is 0 Å². The first kappa shape index (κ1) is 25.9. The molecule has 0 saturated carbocycles. The van der Waals surface area contributed by atoms with Crippen molar-refractivity contribution in [3.05, 3.63) is 76.6 Å². The molecule has 1 heterocycles. The van der Waals surface area contributed by atoms with E-state index in [1.54, 1.807) is 24.3 Å². The Kier molecular flexibility index (Phi) is 7.57. The summed E-state index contributed by atoms with van der Waals surface area (Å²) in [6.45, 7) is 4.26. The van der Waals surface area contributed by atoms with Crippen LogP contribution >= 0.6 is 11.6 Å². The molecule has 184 valence electrons. The molecular formula is C24H26ClFN6O3. The number of amides is 3. The molecule has 0 atom stereocenters. The number of primary amides is 1. The standard InChI is InChI=1S/C24H26ClFN6O3/c1-24(2,31(3)4)12-28-23(35)19-20(21(27)33)32(13-29-19)16-8-6-15(7-9-16)30-22(34)17-10-5-14(26)11-18(17)25/h5-11,13H,12H2,1-4H3,(H2,27,33)(H,28,35)(H,30,34). The van der Waals surface area contributed by atoms with Crippen molar-refractivity contribution < 1.29 is 18.8 Å². The van der Waals surface area contributed by atoms with Gasteiger partial charge in [-0.1, -0.05) is 11.6 Å². The van der Waals surface area contributed by atoms with E-state index in [1.165, 1.54) is 17.0 Å². The summed E-state index contributed by atoms with van der Waals surface area (Å²) in [6.07, 6.45) is 1.33. The van der Waals surface area contributed by atoms with Crippen LogP contribution in [0.1, 0.15) is 45.2 Å². The number of likely N-dealkylation sites (N-methyl/N-ethyl adjacent to an activating group) is 1. The van der Waals surface area contributed by atoms with Gasteiger partial charge in [0.25, 0.3) is 17.7 Å². The summed E-state index contributed by atoms with van der Waals surface area (Å²) in [5.74, 6) is -2.39. The molecule has 0 spiro atoms. The number of halogens is 2. The van der Waals surface area contributed by atoms with E-state index in [1.807, 2.05) is 32.8 Å². The van der Waals surface area contributed by atoms with Gasteiger partial charge in [0.2, 0.25) is 0 Å². The summed E-state index contributed by atoms with van der Waals surface area (Å²) in [5, 5.41) is 5.45. The molecule has 0 aliphatic carbocycles. The zero-order valence-corrected chi connectivity index (χ0v) is 20.5. The quantitative estimate of drug-likeness (QED) is 0.438. The van der Waals surface area contributed by atoms with Gasteiger partial charge in [-0.25, -0.2) is 9.37 Å². The maximum absolute atomic E-state index is 13.2. The first-order valence-corrected chi connectivity index (χ1v) is 11.0. The van der Waals surface area contributed by atoms with E-state index in [0.717, 1.165) is 12.1 Å². The molecular weight excluding hydrogens is 475 g/mol. The minimum absolute atomic E-state index is 0.0107. The maximum Gasteiger partial charge on any atom is 0.272 e. The van der Waals surface area contributed by atoms with E-state index in [4.69, 9.17) is 17.3 Å². The molecule has 0 unspecified atom stereocenters. The monoisotopic (exact) mass is 500 g/mol. The predicted octanol–water partition coefficient (Wildman–Crippen LogP) is 3.09. The summed E-state index contributed by atoms with van der Waals surface area (Å²) in [6, 6.07) is 9.91. The number of anilines is 1. The Balaban J connectivity index is 1.80. The van der Waals surface area contributed by atoms with Crippen molar-refractivity contribution in [2.45, 2.75) is 19.4 Å². The summed E-state index contributed by atoms with van der Waals surface area (Å²) in [4.78, 5) is 43.5. The molecule has 0 bridgehead atoms. The number of aromatic nitrogens is 2. The van der Waals surface area contributed by atoms with Crippen molar-refractivity contribution >= 4 is 35.0 Å². The third-order valence-electron chi connectivity index (χ3n) is 5.69. The molecule has 0 aliphatic rings. The van der Waals surface area contributed by atoms with Crippen LogP contribution in [-0.2, 0) is 0 Å². The van der Waals surface area contributed by atoms with Crippen molar-refractivity contribution in [3.8, 4) is 5.69 Å². The van der Waals surface area contributed by atoms with Crippen molar-refractivity contribution in [2.75, 3.05) is 26.0 Å². The molecule has 0 aliphatic heterocycles. The summed E-state index contributed by atoms with van der Waals surface area (Å²) in [7, 11) is 3.80. The van der Waals surface area contributed by atoms with Crippen LogP contribution in [0.2, 0.25) is 5.02 Å². The summed E-state index contributed by atoms with van der Waals surface area (Å²) >= 11 is 5.94. The van der Waals surface area contributed by atoms with Crippen molar-refractivity contribution in [1.82, 2.24) is 19.8 Å². The number of hydrogen-bond acceptors (Lipinski definition) is 5. The highest BCUT2D eigenvalue weighted by molar-refractivity contribution is 6.34. The van der Waals surface area contributed by atoms with Gasteiger partial charge in [-0.2, -0.15) is 0 Å². The lowest BCUT2D eigenvalue weighted by Crippen LogP contribution is -2.48. The average Bonchev–Trinajstić information content (AvgIpc) is 3.23. The highest BCUT2D eigenvalue weighted by Gasteiger charge is 2.26.